The first-order valence-corrected chi connectivity index (χ1v) is 7.50. The largest absolute Gasteiger partial charge is 0.352 e. The monoisotopic (exact) mass is 469 g/mol. The van der Waals surface area contributed by atoms with Gasteiger partial charge in [0.05, 0.1) is 18.8 Å². The van der Waals surface area contributed by atoms with Gasteiger partial charge in [-0.2, -0.15) is 5.10 Å². The Morgan fingerprint density at radius 2 is 2.20 bits per heavy atom. The molecular formula is C12H17BrIN5S. The van der Waals surface area contributed by atoms with E-state index in [2.05, 4.69) is 48.1 Å². The van der Waals surface area contributed by atoms with E-state index in [1.807, 2.05) is 17.8 Å². The summed E-state index contributed by atoms with van der Waals surface area (Å²) in [5, 5.41) is 12.7. The van der Waals surface area contributed by atoms with Crippen LogP contribution in [0.2, 0.25) is 0 Å². The lowest BCUT2D eigenvalue weighted by Crippen LogP contribution is -2.36. The zero-order chi connectivity index (χ0) is 13.7. The van der Waals surface area contributed by atoms with Crippen molar-refractivity contribution >= 4 is 57.2 Å². The average molecular weight is 470 g/mol. The summed E-state index contributed by atoms with van der Waals surface area (Å²) in [7, 11) is 3.69. The second-order valence-electron chi connectivity index (χ2n) is 3.96. The van der Waals surface area contributed by atoms with Crippen molar-refractivity contribution < 1.29 is 0 Å². The molecular weight excluding hydrogens is 453 g/mol. The van der Waals surface area contributed by atoms with E-state index < -0.39 is 0 Å². The van der Waals surface area contributed by atoms with Gasteiger partial charge in [-0.15, -0.1) is 35.3 Å². The van der Waals surface area contributed by atoms with E-state index in [1.165, 1.54) is 4.88 Å². The van der Waals surface area contributed by atoms with Crippen molar-refractivity contribution in [3.63, 3.8) is 0 Å². The third kappa shape index (κ3) is 5.06. The predicted molar refractivity (Wildman–Crippen MR) is 97.7 cm³/mol. The van der Waals surface area contributed by atoms with E-state index in [9.17, 15) is 0 Å². The molecule has 0 saturated heterocycles. The average Bonchev–Trinajstić information content (AvgIpc) is 2.99. The molecule has 0 atom stereocenters. The van der Waals surface area contributed by atoms with Gasteiger partial charge >= 0.3 is 0 Å². The van der Waals surface area contributed by atoms with Gasteiger partial charge in [0, 0.05) is 35.0 Å². The molecule has 0 aromatic carbocycles. The second-order valence-corrected chi connectivity index (χ2v) is 5.87. The molecule has 0 aliphatic carbocycles. The Bertz CT molecular complexity index is 566. The molecule has 0 spiro atoms. The molecule has 0 aliphatic rings. The first kappa shape index (κ1) is 17.4. The van der Waals surface area contributed by atoms with Crippen LogP contribution in [0.25, 0.3) is 0 Å². The minimum absolute atomic E-state index is 0. The number of aliphatic imine (C=N–C) groups is 1. The molecule has 2 rings (SSSR count). The summed E-state index contributed by atoms with van der Waals surface area (Å²) in [5.41, 5.74) is 1.11. The van der Waals surface area contributed by atoms with Gasteiger partial charge in [0.2, 0.25) is 0 Å². The summed E-state index contributed by atoms with van der Waals surface area (Å²) in [5.74, 6) is 0.783. The van der Waals surface area contributed by atoms with E-state index in [0.29, 0.717) is 6.54 Å². The first-order chi connectivity index (χ1) is 9.19. The number of halogens is 2. The zero-order valence-corrected chi connectivity index (χ0v) is 16.0. The Balaban J connectivity index is 0.00000200. The Morgan fingerprint density at radius 1 is 1.45 bits per heavy atom. The smallest absolute Gasteiger partial charge is 0.191 e. The van der Waals surface area contributed by atoms with Crippen molar-refractivity contribution in [2.24, 2.45) is 12.0 Å². The van der Waals surface area contributed by atoms with E-state index in [4.69, 9.17) is 0 Å². The van der Waals surface area contributed by atoms with E-state index in [1.54, 1.807) is 24.6 Å². The standard InChI is InChI=1S/C12H16BrN5S.HI/c1-14-12(15-6-10-3-4-17-18(10)2)16-7-11-5-9(13)8-19-11;/h3-5,8H,6-7H2,1-2H3,(H2,14,15,16);1H. The van der Waals surface area contributed by atoms with Crippen LogP contribution in [0.15, 0.2) is 33.2 Å². The quantitative estimate of drug-likeness (QED) is 0.411. The third-order valence-corrected chi connectivity index (χ3v) is 4.33. The fourth-order valence-corrected chi connectivity index (χ4v) is 2.98. The zero-order valence-electron chi connectivity index (χ0n) is 11.3. The highest BCUT2D eigenvalue weighted by atomic mass is 127. The molecule has 0 amide bonds. The third-order valence-electron chi connectivity index (χ3n) is 2.63. The second kappa shape index (κ2) is 8.63. The van der Waals surface area contributed by atoms with Crippen molar-refractivity contribution in [1.29, 1.82) is 0 Å². The molecule has 110 valence electrons. The number of nitrogens with one attached hydrogen (secondary N) is 2. The van der Waals surface area contributed by atoms with Crippen LogP contribution >= 0.6 is 51.2 Å². The van der Waals surface area contributed by atoms with Crippen LogP contribution in [0, 0.1) is 0 Å². The summed E-state index contributed by atoms with van der Waals surface area (Å²) in [6.45, 7) is 1.46. The molecule has 0 unspecified atom stereocenters. The maximum absolute atomic E-state index is 4.20. The molecule has 8 heteroatoms. The Morgan fingerprint density at radius 3 is 2.75 bits per heavy atom. The van der Waals surface area contributed by atoms with Crippen LogP contribution in [-0.4, -0.2) is 22.8 Å². The Labute approximate surface area is 148 Å². The maximum atomic E-state index is 4.20. The van der Waals surface area contributed by atoms with Crippen LogP contribution in [0.4, 0.5) is 0 Å². The van der Waals surface area contributed by atoms with Gasteiger partial charge in [-0.05, 0) is 28.1 Å². The fourth-order valence-electron chi connectivity index (χ4n) is 1.59. The molecule has 0 saturated carbocycles. The normalized spacial score (nSPS) is 11.1. The van der Waals surface area contributed by atoms with Crippen LogP contribution in [-0.2, 0) is 20.1 Å². The molecule has 0 aliphatic heterocycles. The van der Waals surface area contributed by atoms with E-state index in [-0.39, 0.29) is 24.0 Å². The van der Waals surface area contributed by atoms with Gasteiger partial charge in [-0.3, -0.25) is 9.67 Å². The number of thiophene rings is 1. The molecule has 2 aromatic rings. The van der Waals surface area contributed by atoms with Crippen LogP contribution < -0.4 is 10.6 Å². The lowest BCUT2D eigenvalue weighted by atomic mass is 10.4. The Kier molecular flexibility index (Phi) is 7.52. The van der Waals surface area contributed by atoms with Crippen LogP contribution in [0.3, 0.4) is 0 Å². The lowest BCUT2D eigenvalue weighted by molar-refractivity contribution is 0.685. The fraction of sp³-hybridized carbons (Fsp3) is 0.333. The van der Waals surface area contributed by atoms with Crippen molar-refractivity contribution in [1.82, 2.24) is 20.4 Å². The van der Waals surface area contributed by atoms with Crippen molar-refractivity contribution in [3.05, 3.63) is 38.8 Å². The minimum Gasteiger partial charge on any atom is -0.352 e. The number of aromatic nitrogens is 2. The summed E-state index contributed by atoms with van der Waals surface area (Å²) in [6.07, 6.45) is 1.79. The molecule has 2 aromatic heterocycles. The van der Waals surface area contributed by atoms with Gasteiger partial charge in [-0.25, -0.2) is 0 Å². The molecule has 0 fully saturated rings. The Hall–Kier alpha value is -0.610. The van der Waals surface area contributed by atoms with Gasteiger partial charge in [0.25, 0.3) is 0 Å². The summed E-state index contributed by atoms with van der Waals surface area (Å²) >= 11 is 5.16. The number of guanidine groups is 1. The number of aryl methyl sites for hydroxylation is 1. The SMILES string of the molecule is CN=C(NCc1cc(Br)cs1)NCc1ccnn1C.I. The minimum atomic E-state index is 0. The number of hydrogen-bond acceptors (Lipinski definition) is 3. The highest BCUT2D eigenvalue weighted by Crippen LogP contribution is 2.19. The number of nitrogens with zero attached hydrogens (tertiary/aromatic N) is 3. The number of rotatable bonds is 4. The highest BCUT2D eigenvalue weighted by molar-refractivity contribution is 14.0. The van der Waals surface area contributed by atoms with Gasteiger partial charge in [0.1, 0.15) is 0 Å². The molecule has 0 bridgehead atoms. The van der Waals surface area contributed by atoms with E-state index >= 15 is 0 Å². The molecule has 2 heterocycles. The molecule has 5 nitrogen and oxygen atoms in total. The summed E-state index contributed by atoms with van der Waals surface area (Å²) in [4.78, 5) is 5.46. The van der Waals surface area contributed by atoms with Crippen molar-refractivity contribution in [2.45, 2.75) is 13.1 Å². The topological polar surface area (TPSA) is 54.2 Å². The van der Waals surface area contributed by atoms with Crippen LogP contribution in [0.1, 0.15) is 10.6 Å². The summed E-state index contributed by atoms with van der Waals surface area (Å²) < 4.78 is 2.96. The molecule has 0 radical (unpaired) electrons. The number of hydrogen-bond donors (Lipinski definition) is 2. The van der Waals surface area contributed by atoms with E-state index in [0.717, 1.165) is 22.7 Å². The first-order valence-electron chi connectivity index (χ1n) is 5.83. The van der Waals surface area contributed by atoms with Gasteiger partial charge in [0.15, 0.2) is 5.96 Å². The van der Waals surface area contributed by atoms with Crippen LogP contribution in [0.5, 0.6) is 0 Å². The highest BCUT2D eigenvalue weighted by Gasteiger charge is 2.02. The van der Waals surface area contributed by atoms with Gasteiger partial charge < -0.3 is 10.6 Å². The summed E-state index contributed by atoms with van der Waals surface area (Å²) in [6, 6.07) is 4.09. The van der Waals surface area contributed by atoms with Crippen molar-refractivity contribution in [3.8, 4) is 0 Å². The van der Waals surface area contributed by atoms with Gasteiger partial charge in [-0.1, -0.05) is 0 Å². The molecule has 2 N–H and O–H groups in total. The lowest BCUT2D eigenvalue weighted by Gasteiger charge is -2.11. The molecule has 20 heavy (non-hydrogen) atoms. The predicted octanol–water partition coefficient (Wildman–Crippen LogP) is 2.73. The maximum Gasteiger partial charge on any atom is 0.191 e. The van der Waals surface area contributed by atoms with Crippen molar-refractivity contribution in [2.75, 3.05) is 7.05 Å².